The summed E-state index contributed by atoms with van der Waals surface area (Å²) >= 11 is 0. The molecule has 0 heterocycles. The summed E-state index contributed by atoms with van der Waals surface area (Å²) in [6.45, 7) is 3.04. The van der Waals surface area contributed by atoms with Gasteiger partial charge in [0.1, 0.15) is 24.1 Å². The number of aldehydes is 2. The van der Waals surface area contributed by atoms with Gasteiger partial charge >= 0.3 is 0 Å². The lowest BCUT2D eigenvalue weighted by molar-refractivity contribution is 0.111. The molecule has 164 valence electrons. The fourth-order valence-corrected chi connectivity index (χ4v) is 2.98. The molecule has 2 aromatic carbocycles. The van der Waals surface area contributed by atoms with Crippen molar-refractivity contribution in [3.8, 4) is 11.5 Å². The van der Waals surface area contributed by atoms with Crippen LogP contribution in [0, 0.1) is 0 Å². The van der Waals surface area contributed by atoms with E-state index in [1.807, 2.05) is 12.1 Å². The third kappa shape index (κ3) is 12.8. The monoisotopic (exact) mass is 412 g/mol. The average Bonchev–Trinajstić information content (AvgIpc) is 2.79. The molecule has 1 N–H and O–H groups in total. The van der Waals surface area contributed by atoms with Gasteiger partial charge in [-0.05, 0) is 55.0 Å². The number of carbonyl (C=O) groups is 2. The Morgan fingerprint density at radius 3 is 1.57 bits per heavy atom. The topological polar surface area (TPSA) is 63.6 Å². The van der Waals surface area contributed by atoms with Gasteiger partial charge in [0.25, 0.3) is 0 Å². The van der Waals surface area contributed by atoms with Crippen LogP contribution < -0.4 is 4.74 Å². The highest BCUT2D eigenvalue weighted by molar-refractivity contribution is 5.75. The number of rotatable bonds is 14. The highest BCUT2D eigenvalue weighted by Gasteiger charge is 1.96. The Labute approximate surface area is 181 Å². The van der Waals surface area contributed by atoms with Gasteiger partial charge in [0.2, 0.25) is 0 Å². The number of hydrogen-bond donors (Lipinski definition) is 1. The molecule has 0 saturated carbocycles. The summed E-state index contributed by atoms with van der Waals surface area (Å²) in [6.07, 6.45) is 15.0. The number of aromatic hydroxyl groups is 1. The third-order valence-corrected chi connectivity index (χ3v) is 4.81. The molecule has 2 aromatic rings. The zero-order valence-corrected chi connectivity index (χ0v) is 18.2. The molecule has 0 aromatic heterocycles. The molecule has 0 aliphatic rings. The third-order valence-electron chi connectivity index (χ3n) is 4.81. The molecular formula is C26H36O4. The minimum Gasteiger partial charge on any atom is -0.508 e. The first-order chi connectivity index (χ1) is 14.7. The van der Waals surface area contributed by atoms with E-state index in [2.05, 4.69) is 6.92 Å². The summed E-state index contributed by atoms with van der Waals surface area (Å²) in [6, 6.07) is 13.4. The molecule has 0 aliphatic heterocycles. The number of unbranched alkanes of at least 4 members (excludes halogenated alkanes) is 9. The van der Waals surface area contributed by atoms with E-state index in [1.165, 1.54) is 69.9 Å². The second kappa shape index (κ2) is 17.3. The van der Waals surface area contributed by atoms with Crippen LogP contribution in [0.25, 0.3) is 0 Å². The van der Waals surface area contributed by atoms with E-state index in [9.17, 15) is 9.59 Å². The van der Waals surface area contributed by atoms with Crippen molar-refractivity contribution in [2.24, 2.45) is 0 Å². The lowest BCUT2D eigenvalue weighted by Gasteiger charge is -2.06. The van der Waals surface area contributed by atoms with Gasteiger partial charge in [-0.25, -0.2) is 0 Å². The highest BCUT2D eigenvalue weighted by atomic mass is 16.5. The normalized spacial score (nSPS) is 10.0. The van der Waals surface area contributed by atoms with E-state index >= 15 is 0 Å². The van der Waals surface area contributed by atoms with Crippen LogP contribution in [0.1, 0.15) is 91.8 Å². The number of phenolic OH excluding ortho intramolecular Hbond substituents is 1. The standard InChI is InChI=1S/C19H30O2.C7H6O2/c1-2-3-4-5-6-7-8-9-10-11-16-21-19-14-12-18(17-20)13-15-19;8-5-6-1-3-7(9)4-2-6/h12-15,17H,2-11,16H2,1H3;1-5,9H. The van der Waals surface area contributed by atoms with Crippen molar-refractivity contribution in [1.29, 1.82) is 0 Å². The first-order valence-corrected chi connectivity index (χ1v) is 11.1. The molecular weight excluding hydrogens is 376 g/mol. The van der Waals surface area contributed by atoms with Crippen LogP contribution in [-0.4, -0.2) is 24.3 Å². The minimum atomic E-state index is 0.181. The van der Waals surface area contributed by atoms with Crippen molar-refractivity contribution in [2.45, 2.75) is 71.1 Å². The van der Waals surface area contributed by atoms with Crippen LogP contribution in [0.4, 0.5) is 0 Å². The fourth-order valence-electron chi connectivity index (χ4n) is 2.98. The van der Waals surface area contributed by atoms with Crippen LogP contribution in [0.15, 0.2) is 48.5 Å². The van der Waals surface area contributed by atoms with E-state index in [0.717, 1.165) is 31.3 Å². The fraction of sp³-hybridized carbons (Fsp3) is 0.462. The lowest BCUT2D eigenvalue weighted by Crippen LogP contribution is -1.97. The van der Waals surface area contributed by atoms with Crippen molar-refractivity contribution < 1.29 is 19.4 Å². The van der Waals surface area contributed by atoms with Crippen molar-refractivity contribution in [2.75, 3.05) is 6.61 Å². The summed E-state index contributed by atoms with van der Waals surface area (Å²) in [5.41, 5.74) is 1.27. The maximum Gasteiger partial charge on any atom is 0.150 e. The van der Waals surface area contributed by atoms with E-state index in [-0.39, 0.29) is 5.75 Å². The van der Waals surface area contributed by atoms with Crippen LogP contribution >= 0.6 is 0 Å². The molecule has 4 nitrogen and oxygen atoms in total. The van der Waals surface area contributed by atoms with Crippen molar-refractivity contribution in [3.05, 3.63) is 59.7 Å². The number of benzene rings is 2. The molecule has 2 rings (SSSR count). The number of hydrogen-bond acceptors (Lipinski definition) is 4. The van der Waals surface area contributed by atoms with Crippen LogP contribution in [-0.2, 0) is 0 Å². The SMILES string of the molecule is CCCCCCCCCCCCOc1ccc(C=O)cc1.O=Cc1ccc(O)cc1. The van der Waals surface area contributed by atoms with E-state index in [0.29, 0.717) is 11.1 Å². The Morgan fingerprint density at radius 2 is 1.10 bits per heavy atom. The molecule has 0 unspecified atom stereocenters. The van der Waals surface area contributed by atoms with Crippen LogP contribution in [0.2, 0.25) is 0 Å². The van der Waals surface area contributed by atoms with E-state index in [4.69, 9.17) is 9.84 Å². The first-order valence-electron chi connectivity index (χ1n) is 11.1. The van der Waals surface area contributed by atoms with Gasteiger partial charge in [0.05, 0.1) is 6.61 Å². The molecule has 0 bridgehead atoms. The summed E-state index contributed by atoms with van der Waals surface area (Å²) in [5, 5.41) is 8.74. The molecule has 0 fully saturated rings. The molecule has 0 radical (unpaired) electrons. The number of ether oxygens (including phenoxy) is 1. The maximum atomic E-state index is 10.5. The predicted octanol–water partition coefficient (Wildman–Crippen LogP) is 7.00. The van der Waals surface area contributed by atoms with Gasteiger partial charge in [-0.1, -0.05) is 64.7 Å². The Balaban J connectivity index is 0.000000414. The van der Waals surface area contributed by atoms with Crippen molar-refractivity contribution in [3.63, 3.8) is 0 Å². The van der Waals surface area contributed by atoms with Crippen molar-refractivity contribution >= 4 is 12.6 Å². The lowest BCUT2D eigenvalue weighted by atomic mass is 10.1. The highest BCUT2D eigenvalue weighted by Crippen LogP contribution is 2.13. The second-order valence-electron chi connectivity index (χ2n) is 7.43. The Hall–Kier alpha value is -2.62. The van der Waals surface area contributed by atoms with E-state index in [1.54, 1.807) is 24.3 Å². The molecule has 0 saturated heterocycles. The zero-order chi connectivity index (χ0) is 21.9. The van der Waals surface area contributed by atoms with Crippen LogP contribution in [0.5, 0.6) is 11.5 Å². The molecule has 0 amide bonds. The number of phenols is 1. The summed E-state index contributed by atoms with van der Waals surface area (Å²) < 4.78 is 5.66. The van der Waals surface area contributed by atoms with E-state index < -0.39 is 0 Å². The van der Waals surface area contributed by atoms with Gasteiger partial charge in [-0.2, -0.15) is 0 Å². The molecule has 0 atom stereocenters. The largest absolute Gasteiger partial charge is 0.508 e. The Bertz CT molecular complexity index is 677. The Kier molecular flexibility index (Phi) is 14.6. The molecule has 30 heavy (non-hydrogen) atoms. The average molecular weight is 413 g/mol. The summed E-state index contributed by atoms with van der Waals surface area (Å²) in [7, 11) is 0. The van der Waals surface area contributed by atoms with Gasteiger partial charge in [-0.3, -0.25) is 9.59 Å². The zero-order valence-electron chi connectivity index (χ0n) is 18.2. The molecule has 0 aliphatic carbocycles. The van der Waals surface area contributed by atoms with Crippen molar-refractivity contribution in [1.82, 2.24) is 0 Å². The molecule has 0 spiro atoms. The van der Waals surface area contributed by atoms with Gasteiger partial charge in [-0.15, -0.1) is 0 Å². The molecule has 4 heteroatoms. The smallest absolute Gasteiger partial charge is 0.150 e. The minimum absolute atomic E-state index is 0.181. The Morgan fingerprint density at radius 1 is 0.667 bits per heavy atom. The summed E-state index contributed by atoms with van der Waals surface area (Å²) in [4.78, 5) is 20.6. The van der Waals surface area contributed by atoms with Crippen LogP contribution in [0.3, 0.4) is 0 Å². The second-order valence-corrected chi connectivity index (χ2v) is 7.43. The maximum absolute atomic E-state index is 10.5. The van der Waals surface area contributed by atoms with Gasteiger partial charge in [0.15, 0.2) is 0 Å². The summed E-state index contributed by atoms with van der Waals surface area (Å²) in [5.74, 6) is 1.04. The van der Waals surface area contributed by atoms with Gasteiger partial charge < -0.3 is 9.84 Å². The predicted molar refractivity (Wildman–Crippen MR) is 123 cm³/mol. The van der Waals surface area contributed by atoms with Gasteiger partial charge in [0, 0.05) is 11.1 Å². The number of carbonyl (C=O) groups excluding carboxylic acids is 2. The first kappa shape index (κ1) is 25.4. The quantitative estimate of drug-likeness (QED) is 0.268.